The van der Waals surface area contributed by atoms with Crippen LogP contribution in [0, 0.1) is 17.0 Å². The number of aryl methyl sites for hydroxylation is 1. The van der Waals surface area contributed by atoms with E-state index >= 15 is 0 Å². The van der Waals surface area contributed by atoms with Crippen molar-refractivity contribution >= 4 is 23.0 Å². The van der Waals surface area contributed by atoms with Crippen LogP contribution in [0.1, 0.15) is 34.3 Å². The van der Waals surface area contributed by atoms with Crippen molar-refractivity contribution in [3.05, 3.63) is 63.2 Å². The smallest absolute Gasteiger partial charge is 0.293 e. The standard InChI is InChI=1S/C21H24N4O3/c1-14-12-17(20(22)19(13-14)25(27)28)21(26)23-9-7-16(8-10-23)24-11-6-15-4-2-3-5-18(15)24/h2-5,12-13,16H,6-11,22H2,1H3. The molecule has 1 amide bonds. The van der Waals surface area contributed by atoms with Crippen molar-refractivity contribution in [2.45, 2.75) is 32.2 Å². The first kappa shape index (κ1) is 18.3. The summed E-state index contributed by atoms with van der Waals surface area (Å²) in [7, 11) is 0. The summed E-state index contributed by atoms with van der Waals surface area (Å²) in [5.41, 5.74) is 9.29. The number of hydrogen-bond donors (Lipinski definition) is 1. The van der Waals surface area contributed by atoms with Gasteiger partial charge in [0.05, 0.1) is 10.5 Å². The second-order valence-corrected chi connectivity index (χ2v) is 7.60. The lowest BCUT2D eigenvalue weighted by atomic mass is 10.0. The van der Waals surface area contributed by atoms with Crippen molar-refractivity contribution in [3.8, 4) is 0 Å². The lowest BCUT2D eigenvalue weighted by molar-refractivity contribution is -0.384. The fourth-order valence-electron chi connectivity index (χ4n) is 4.40. The fourth-order valence-corrected chi connectivity index (χ4v) is 4.40. The van der Waals surface area contributed by atoms with Crippen LogP contribution in [0.25, 0.3) is 0 Å². The van der Waals surface area contributed by atoms with E-state index in [4.69, 9.17) is 5.73 Å². The summed E-state index contributed by atoms with van der Waals surface area (Å²) in [6, 6.07) is 12.0. The number of fused-ring (bicyclic) bond motifs is 1. The summed E-state index contributed by atoms with van der Waals surface area (Å²) in [6.45, 7) is 4.02. The van der Waals surface area contributed by atoms with E-state index in [0.29, 0.717) is 24.7 Å². The molecule has 1 saturated heterocycles. The predicted octanol–water partition coefficient (Wildman–Crippen LogP) is 3.15. The van der Waals surface area contributed by atoms with Crippen LogP contribution in [-0.4, -0.2) is 41.4 Å². The summed E-state index contributed by atoms with van der Waals surface area (Å²) in [5.74, 6) is -0.218. The molecule has 1 fully saturated rings. The third-order valence-electron chi connectivity index (χ3n) is 5.85. The van der Waals surface area contributed by atoms with Gasteiger partial charge >= 0.3 is 0 Å². The first-order valence-electron chi connectivity index (χ1n) is 9.64. The topological polar surface area (TPSA) is 92.7 Å². The molecule has 2 N–H and O–H groups in total. The maximum atomic E-state index is 13.0. The molecular formula is C21H24N4O3. The molecule has 0 bridgehead atoms. The highest BCUT2D eigenvalue weighted by Crippen LogP contribution is 2.33. The summed E-state index contributed by atoms with van der Waals surface area (Å²) in [5, 5.41) is 11.2. The average molecular weight is 380 g/mol. The summed E-state index contributed by atoms with van der Waals surface area (Å²) >= 11 is 0. The number of nitrogens with zero attached hydrogens (tertiary/aromatic N) is 3. The number of rotatable bonds is 3. The number of hydrogen-bond acceptors (Lipinski definition) is 5. The van der Waals surface area contributed by atoms with E-state index in [1.165, 1.54) is 17.3 Å². The Labute approximate surface area is 163 Å². The number of nitrogen functional groups attached to an aromatic ring is 1. The zero-order chi connectivity index (χ0) is 19.8. The van der Waals surface area contributed by atoms with Gasteiger partial charge in [-0.2, -0.15) is 0 Å². The Balaban J connectivity index is 1.48. The molecule has 0 atom stereocenters. The number of carbonyl (C=O) groups excluding carboxylic acids is 1. The molecule has 7 nitrogen and oxygen atoms in total. The lowest BCUT2D eigenvalue weighted by Gasteiger charge is -2.38. The van der Waals surface area contributed by atoms with Crippen molar-refractivity contribution in [2.24, 2.45) is 0 Å². The van der Waals surface area contributed by atoms with Crippen LogP contribution >= 0.6 is 0 Å². The molecule has 0 unspecified atom stereocenters. The predicted molar refractivity (Wildman–Crippen MR) is 109 cm³/mol. The van der Waals surface area contributed by atoms with Crippen LogP contribution in [0.3, 0.4) is 0 Å². The number of likely N-dealkylation sites (tertiary alicyclic amines) is 1. The molecule has 0 radical (unpaired) electrons. The van der Waals surface area contributed by atoms with E-state index in [1.807, 2.05) is 0 Å². The fraction of sp³-hybridized carbons (Fsp3) is 0.381. The molecule has 2 aliphatic heterocycles. The highest BCUT2D eigenvalue weighted by Gasteiger charge is 2.32. The number of benzene rings is 2. The summed E-state index contributed by atoms with van der Waals surface area (Å²) in [6.07, 6.45) is 2.83. The van der Waals surface area contributed by atoms with E-state index in [2.05, 4.69) is 29.2 Å². The van der Waals surface area contributed by atoms with Gasteiger partial charge < -0.3 is 15.5 Å². The third kappa shape index (κ3) is 3.17. The van der Waals surface area contributed by atoms with Gasteiger partial charge in [-0.25, -0.2) is 0 Å². The first-order valence-corrected chi connectivity index (χ1v) is 9.64. The van der Waals surface area contributed by atoms with E-state index in [0.717, 1.165) is 25.8 Å². The quantitative estimate of drug-likeness (QED) is 0.502. The molecule has 0 aliphatic carbocycles. The van der Waals surface area contributed by atoms with Crippen LogP contribution in [0.2, 0.25) is 0 Å². The SMILES string of the molecule is Cc1cc(C(=O)N2CCC(N3CCc4ccccc43)CC2)c(N)c([N+](=O)[O-])c1. The zero-order valence-corrected chi connectivity index (χ0v) is 15.9. The Kier molecular flexibility index (Phi) is 4.66. The monoisotopic (exact) mass is 380 g/mol. The number of carbonyl (C=O) groups is 1. The van der Waals surface area contributed by atoms with E-state index in [-0.39, 0.29) is 22.8 Å². The van der Waals surface area contributed by atoms with Gasteiger partial charge in [-0.1, -0.05) is 18.2 Å². The van der Waals surface area contributed by atoms with Crippen LogP contribution in [0.4, 0.5) is 17.1 Å². The number of nitrogens with two attached hydrogens (primary N) is 1. The second-order valence-electron chi connectivity index (χ2n) is 7.60. The molecule has 0 aromatic heterocycles. The van der Waals surface area contributed by atoms with Crippen molar-refractivity contribution in [1.82, 2.24) is 4.90 Å². The van der Waals surface area contributed by atoms with Gasteiger partial charge in [0.1, 0.15) is 5.69 Å². The highest BCUT2D eigenvalue weighted by atomic mass is 16.6. The summed E-state index contributed by atoms with van der Waals surface area (Å²) < 4.78 is 0. The Bertz CT molecular complexity index is 935. The van der Waals surface area contributed by atoms with Gasteiger partial charge in [-0.15, -0.1) is 0 Å². The molecule has 2 aromatic rings. The molecule has 28 heavy (non-hydrogen) atoms. The lowest BCUT2D eigenvalue weighted by Crippen LogP contribution is -2.46. The first-order chi connectivity index (χ1) is 13.5. The van der Waals surface area contributed by atoms with E-state index in [9.17, 15) is 14.9 Å². The van der Waals surface area contributed by atoms with E-state index in [1.54, 1.807) is 17.9 Å². The number of nitro benzene ring substituents is 1. The van der Waals surface area contributed by atoms with Crippen molar-refractivity contribution < 1.29 is 9.72 Å². The number of piperidine rings is 1. The minimum Gasteiger partial charge on any atom is -0.393 e. The molecule has 2 heterocycles. The normalized spacial score (nSPS) is 16.9. The third-order valence-corrected chi connectivity index (χ3v) is 5.85. The maximum absolute atomic E-state index is 13.0. The molecule has 0 saturated carbocycles. The van der Waals surface area contributed by atoms with E-state index < -0.39 is 4.92 Å². The van der Waals surface area contributed by atoms with Crippen LogP contribution in [0.15, 0.2) is 36.4 Å². The van der Waals surface area contributed by atoms with Crippen molar-refractivity contribution in [2.75, 3.05) is 30.3 Å². The Morgan fingerprint density at radius 2 is 1.89 bits per heavy atom. The Morgan fingerprint density at radius 3 is 2.61 bits per heavy atom. The van der Waals surface area contributed by atoms with Crippen molar-refractivity contribution in [1.29, 1.82) is 0 Å². The number of nitro groups is 1. The van der Waals surface area contributed by atoms with Gasteiger partial charge in [-0.3, -0.25) is 14.9 Å². The zero-order valence-electron chi connectivity index (χ0n) is 15.9. The molecule has 2 aliphatic rings. The second kappa shape index (κ2) is 7.14. The highest BCUT2D eigenvalue weighted by molar-refractivity contribution is 6.01. The minimum atomic E-state index is -0.532. The number of amides is 1. The molecule has 7 heteroatoms. The largest absolute Gasteiger partial charge is 0.393 e. The summed E-state index contributed by atoms with van der Waals surface area (Å²) in [4.78, 5) is 27.9. The molecule has 146 valence electrons. The minimum absolute atomic E-state index is 0.0452. The van der Waals surface area contributed by atoms with Crippen LogP contribution in [-0.2, 0) is 6.42 Å². The number of para-hydroxylation sites is 1. The van der Waals surface area contributed by atoms with Gasteiger partial charge in [-0.05, 0) is 49.4 Å². The van der Waals surface area contributed by atoms with Crippen LogP contribution in [0.5, 0.6) is 0 Å². The van der Waals surface area contributed by atoms with Gasteiger partial charge in [0.15, 0.2) is 0 Å². The molecular weight excluding hydrogens is 356 g/mol. The van der Waals surface area contributed by atoms with Gasteiger partial charge in [0.2, 0.25) is 0 Å². The molecule has 0 spiro atoms. The molecule has 4 rings (SSSR count). The average Bonchev–Trinajstić information content (AvgIpc) is 3.13. The maximum Gasteiger partial charge on any atom is 0.293 e. The van der Waals surface area contributed by atoms with Crippen molar-refractivity contribution in [3.63, 3.8) is 0 Å². The number of anilines is 2. The van der Waals surface area contributed by atoms with Gasteiger partial charge in [0, 0.05) is 37.4 Å². The Morgan fingerprint density at radius 1 is 1.18 bits per heavy atom. The molecule has 2 aromatic carbocycles. The Hall–Kier alpha value is -3.09. The van der Waals surface area contributed by atoms with Gasteiger partial charge in [0.25, 0.3) is 11.6 Å². The van der Waals surface area contributed by atoms with Crippen LogP contribution < -0.4 is 10.6 Å².